The van der Waals surface area contributed by atoms with Gasteiger partial charge in [0.05, 0.1) is 7.11 Å². The molecular formula is C20H21ClN4O. The van der Waals surface area contributed by atoms with Crippen LogP contribution in [0.4, 0.5) is 17.5 Å². The first-order valence-electron chi connectivity index (χ1n) is 8.37. The Kier molecular flexibility index (Phi) is 5.92. The van der Waals surface area contributed by atoms with Gasteiger partial charge in [-0.1, -0.05) is 23.7 Å². The molecule has 0 atom stereocenters. The van der Waals surface area contributed by atoms with E-state index < -0.39 is 0 Å². The van der Waals surface area contributed by atoms with Crippen molar-refractivity contribution in [2.45, 2.75) is 13.3 Å². The van der Waals surface area contributed by atoms with Gasteiger partial charge < -0.3 is 15.4 Å². The van der Waals surface area contributed by atoms with Gasteiger partial charge in [0.1, 0.15) is 11.6 Å². The van der Waals surface area contributed by atoms with Crippen molar-refractivity contribution in [1.82, 2.24) is 9.97 Å². The minimum atomic E-state index is 0.559. The van der Waals surface area contributed by atoms with E-state index in [1.165, 1.54) is 5.56 Å². The summed E-state index contributed by atoms with van der Waals surface area (Å²) in [6, 6.07) is 17.5. The van der Waals surface area contributed by atoms with E-state index in [0.717, 1.165) is 40.9 Å². The second-order valence-corrected chi connectivity index (χ2v) is 6.31. The standard InChI is InChI=1S/C20H21ClN4O/c1-14-13-19(22-12-11-15-3-5-16(21)6-4-15)25-20(23-14)24-17-7-9-18(26-2)10-8-17/h3-10,13H,11-12H2,1-2H3,(H2,22,23,24,25). The third-order valence-electron chi connectivity index (χ3n) is 3.83. The Morgan fingerprint density at radius 1 is 1.00 bits per heavy atom. The third kappa shape index (κ3) is 5.10. The van der Waals surface area contributed by atoms with Gasteiger partial charge in [0.15, 0.2) is 0 Å². The summed E-state index contributed by atoms with van der Waals surface area (Å²) < 4.78 is 5.17. The largest absolute Gasteiger partial charge is 0.497 e. The average molecular weight is 369 g/mol. The molecule has 0 spiro atoms. The molecule has 6 heteroatoms. The normalized spacial score (nSPS) is 10.4. The van der Waals surface area contributed by atoms with Crippen molar-refractivity contribution in [2.24, 2.45) is 0 Å². The van der Waals surface area contributed by atoms with Crippen LogP contribution in [-0.2, 0) is 6.42 Å². The lowest BCUT2D eigenvalue weighted by Crippen LogP contribution is -2.08. The predicted molar refractivity (Wildman–Crippen MR) is 107 cm³/mol. The minimum Gasteiger partial charge on any atom is -0.497 e. The summed E-state index contributed by atoms with van der Waals surface area (Å²) in [5.74, 6) is 2.16. The topological polar surface area (TPSA) is 59.1 Å². The summed E-state index contributed by atoms with van der Waals surface area (Å²) in [4.78, 5) is 8.97. The molecule has 3 rings (SSSR count). The van der Waals surface area contributed by atoms with Gasteiger partial charge in [0.2, 0.25) is 5.95 Å². The number of aromatic nitrogens is 2. The highest BCUT2D eigenvalue weighted by atomic mass is 35.5. The Bertz CT molecular complexity index is 851. The van der Waals surface area contributed by atoms with Crippen LogP contribution in [-0.4, -0.2) is 23.6 Å². The van der Waals surface area contributed by atoms with Crippen LogP contribution < -0.4 is 15.4 Å². The van der Waals surface area contributed by atoms with Crippen LogP contribution in [0.1, 0.15) is 11.3 Å². The zero-order valence-electron chi connectivity index (χ0n) is 14.8. The average Bonchev–Trinajstić information content (AvgIpc) is 2.64. The third-order valence-corrected chi connectivity index (χ3v) is 4.09. The number of methoxy groups -OCH3 is 1. The quantitative estimate of drug-likeness (QED) is 0.624. The van der Waals surface area contributed by atoms with Crippen LogP contribution >= 0.6 is 11.6 Å². The molecule has 134 valence electrons. The number of rotatable bonds is 7. The molecule has 0 saturated heterocycles. The molecule has 0 aliphatic carbocycles. The highest BCUT2D eigenvalue weighted by Crippen LogP contribution is 2.19. The van der Waals surface area contributed by atoms with E-state index in [4.69, 9.17) is 16.3 Å². The number of ether oxygens (including phenoxy) is 1. The highest BCUT2D eigenvalue weighted by molar-refractivity contribution is 6.30. The number of hydrogen-bond acceptors (Lipinski definition) is 5. The van der Waals surface area contributed by atoms with Crippen LogP contribution in [0.3, 0.4) is 0 Å². The minimum absolute atomic E-state index is 0.559. The first-order chi connectivity index (χ1) is 12.6. The van der Waals surface area contributed by atoms with Crippen LogP contribution in [0.5, 0.6) is 5.75 Å². The zero-order valence-corrected chi connectivity index (χ0v) is 15.5. The van der Waals surface area contributed by atoms with Gasteiger partial charge in [-0.25, -0.2) is 4.98 Å². The molecule has 3 aromatic rings. The van der Waals surface area contributed by atoms with Crippen molar-refractivity contribution in [3.8, 4) is 5.75 Å². The highest BCUT2D eigenvalue weighted by Gasteiger charge is 2.04. The van der Waals surface area contributed by atoms with Gasteiger partial charge in [-0.15, -0.1) is 0 Å². The van der Waals surface area contributed by atoms with Crippen LogP contribution in [0.2, 0.25) is 5.02 Å². The van der Waals surface area contributed by atoms with Crippen LogP contribution in [0.25, 0.3) is 0 Å². The van der Waals surface area contributed by atoms with Gasteiger partial charge in [-0.2, -0.15) is 4.98 Å². The second kappa shape index (κ2) is 8.54. The van der Waals surface area contributed by atoms with E-state index in [9.17, 15) is 0 Å². The molecular weight excluding hydrogens is 348 g/mol. The number of halogens is 1. The lowest BCUT2D eigenvalue weighted by Gasteiger charge is -2.10. The van der Waals surface area contributed by atoms with Crippen molar-refractivity contribution >= 4 is 29.1 Å². The van der Waals surface area contributed by atoms with Gasteiger partial charge in [0.25, 0.3) is 0 Å². The summed E-state index contributed by atoms with van der Waals surface area (Å²) in [7, 11) is 1.65. The molecule has 26 heavy (non-hydrogen) atoms. The molecule has 5 nitrogen and oxygen atoms in total. The van der Waals surface area contributed by atoms with Crippen LogP contribution in [0.15, 0.2) is 54.6 Å². The van der Waals surface area contributed by atoms with Crippen molar-refractivity contribution in [3.05, 3.63) is 70.9 Å². The zero-order chi connectivity index (χ0) is 18.4. The Morgan fingerprint density at radius 3 is 2.42 bits per heavy atom. The Morgan fingerprint density at radius 2 is 1.73 bits per heavy atom. The Balaban J connectivity index is 1.62. The molecule has 0 fully saturated rings. The van der Waals surface area contributed by atoms with Crippen molar-refractivity contribution in [2.75, 3.05) is 24.3 Å². The fourth-order valence-electron chi connectivity index (χ4n) is 2.50. The SMILES string of the molecule is COc1ccc(Nc2nc(C)cc(NCCc3ccc(Cl)cc3)n2)cc1. The first kappa shape index (κ1) is 18.0. The van der Waals surface area contributed by atoms with Gasteiger partial charge >= 0.3 is 0 Å². The summed E-state index contributed by atoms with van der Waals surface area (Å²) in [6.45, 7) is 2.73. The maximum atomic E-state index is 5.91. The second-order valence-electron chi connectivity index (χ2n) is 5.87. The molecule has 0 aliphatic heterocycles. The van der Waals surface area contributed by atoms with Gasteiger partial charge in [0, 0.05) is 29.0 Å². The van der Waals surface area contributed by atoms with Crippen molar-refractivity contribution < 1.29 is 4.74 Å². The number of nitrogens with one attached hydrogen (secondary N) is 2. The smallest absolute Gasteiger partial charge is 0.229 e. The fourth-order valence-corrected chi connectivity index (χ4v) is 2.63. The summed E-state index contributed by atoms with van der Waals surface area (Å²) in [5.41, 5.74) is 3.03. The number of anilines is 3. The summed E-state index contributed by atoms with van der Waals surface area (Å²) >= 11 is 5.91. The first-order valence-corrected chi connectivity index (χ1v) is 8.75. The molecule has 2 N–H and O–H groups in total. The maximum Gasteiger partial charge on any atom is 0.229 e. The van der Waals surface area contributed by atoms with Gasteiger partial charge in [-0.3, -0.25) is 0 Å². The Labute approximate surface area is 158 Å². The molecule has 0 aliphatic rings. The van der Waals surface area contributed by atoms with Crippen molar-refractivity contribution in [1.29, 1.82) is 0 Å². The Hall–Kier alpha value is -2.79. The summed E-state index contributed by atoms with van der Waals surface area (Å²) in [5, 5.41) is 7.32. The van der Waals surface area contributed by atoms with Crippen molar-refractivity contribution in [3.63, 3.8) is 0 Å². The molecule has 1 heterocycles. The number of nitrogens with zero attached hydrogens (tertiary/aromatic N) is 2. The van der Waals surface area contributed by atoms with E-state index in [0.29, 0.717) is 5.95 Å². The molecule has 0 saturated carbocycles. The predicted octanol–water partition coefficient (Wildman–Crippen LogP) is 4.85. The number of aryl methyl sites for hydroxylation is 1. The van der Waals surface area contributed by atoms with E-state index in [1.54, 1.807) is 7.11 Å². The number of benzene rings is 2. The molecule has 0 amide bonds. The molecule has 0 unspecified atom stereocenters. The molecule has 2 aromatic carbocycles. The monoisotopic (exact) mass is 368 g/mol. The molecule has 0 bridgehead atoms. The lowest BCUT2D eigenvalue weighted by atomic mass is 10.1. The maximum absolute atomic E-state index is 5.91. The van der Waals surface area contributed by atoms with E-state index >= 15 is 0 Å². The van der Waals surface area contributed by atoms with Crippen LogP contribution in [0, 0.1) is 6.92 Å². The lowest BCUT2D eigenvalue weighted by molar-refractivity contribution is 0.415. The van der Waals surface area contributed by atoms with E-state index in [-0.39, 0.29) is 0 Å². The number of hydrogen-bond donors (Lipinski definition) is 2. The molecule has 0 radical (unpaired) electrons. The van der Waals surface area contributed by atoms with E-state index in [2.05, 4.69) is 20.6 Å². The summed E-state index contributed by atoms with van der Waals surface area (Å²) in [6.07, 6.45) is 0.890. The fraction of sp³-hybridized carbons (Fsp3) is 0.200. The van der Waals surface area contributed by atoms with Gasteiger partial charge in [-0.05, 0) is 55.3 Å². The molecule has 1 aromatic heterocycles. The van der Waals surface area contributed by atoms with E-state index in [1.807, 2.05) is 61.5 Å².